The summed E-state index contributed by atoms with van der Waals surface area (Å²) in [6.45, 7) is 2.78. The fourth-order valence-electron chi connectivity index (χ4n) is 5.70. The predicted octanol–water partition coefficient (Wildman–Crippen LogP) is 8.18. The summed E-state index contributed by atoms with van der Waals surface area (Å²) in [7, 11) is 1.97. The van der Waals surface area contributed by atoms with Gasteiger partial charge in [0, 0.05) is 56.1 Å². The van der Waals surface area contributed by atoms with Crippen molar-refractivity contribution < 1.29 is 9.59 Å². The van der Waals surface area contributed by atoms with Gasteiger partial charge in [0.1, 0.15) is 4.75 Å². The first kappa shape index (κ1) is 28.9. The Labute approximate surface area is 263 Å². The number of likely N-dealkylation sites (tertiary alicyclic amines) is 1. The Hall–Kier alpha value is -3.23. The van der Waals surface area contributed by atoms with Crippen LogP contribution >= 0.6 is 46.3 Å². The molecular weight excluding hydrogens is 605 g/mol. The number of aryl methyl sites for hydroxylation is 2. The van der Waals surface area contributed by atoms with Crippen LogP contribution in [-0.4, -0.2) is 26.0 Å². The molecule has 3 aromatic carbocycles. The molecule has 0 saturated carbocycles. The number of rotatable bonds is 8. The Morgan fingerprint density at radius 2 is 1.79 bits per heavy atom. The van der Waals surface area contributed by atoms with Gasteiger partial charge in [-0.05, 0) is 60.3 Å². The van der Waals surface area contributed by atoms with Crippen molar-refractivity contribution in [3.8, 4) is 0 Å². The summed E-state index contributed by atoms with van der Waals surface area (Å²) >= 11 is 15.6. The molecule has 1 fully saturated rings. The molecule has 2 aromatic heterocycles. The maximum Gasteiger partial charge on any atom is 0.239 e. The van der Waals surface area contributed by atoms with Crippen molar-refractivity contribution in [1.82, 2.24) is 14.8 Å². The van der Waals surface area contributed by atoms with Crippen LogP contribution in [0, 0.1) is 6.92 Å². The van der Waals surface area contributed by atoms with Gasteiger partial charge >= 0.3 is 0 Å². The molecular formula is C33H29Cl2N3O2S2. The van der Waals surface area contributed by atoms with Crippen molar-refractivity contribution in [3.63, 3.8) is 0 Å². The molecule has 3 heterocycles. The topological polar surface area (TPSA) is 54.3 Å². The number of halogens is 2. The Morgan fingerprint density at radius 1 is 1.05 bits per heavy atom. The van der Waals surface area contributed by atoms with Gasteiger partial charge in [-0.15, -0.1) is 23.1 Å². The van der Waals surface area contributed by atoms with E-state index in [0.29, 0.717) is 23.1 Å². The fourth-order valence-corrected chi connectivity index (χ4v) is 8.06. The second-order valence-corrected chi connectivity index (χ2v) is 14.0. The average molecular weight is 635 g/mol. The number of carbonyl (C=O) groups is 2. The summed E-state index contributed by atoms with van der Waals surface area (Å²) in [6.07, 6.45) is 2.10. The molecule has 5 aromatic rings. The number of fused-ring (bicyclic) bond motifs is 1. The number of hydrogen-bond donors (Lipinski definition) is 1. The van der Waals surface area contributed by atoms with Gasteiger partial charge in [0.25, 0.3) is 0 Å². The van der Waals surface area contributed by atoms with E-state index in [1.165, 1.54) is 11.8 Å². The lowest BCUT2D eigenvalue weighted by Gasteiger charge is -2.36. The van der Waals surface area contributed by atoms with E-state index in [1.807, 2.05) is 114 Å². The molecule has 1 saturated heterocycles. The summed E-state index contributed by atoms with van der Waals surface area (Å²) in [6, 6.07) is 24.8. The maximum absolute atomic E-state index is 14.6. The minimum Gasteiger partial charge on any atom is -0.350 e. The fraction of sp³-hybridized carbons (Fsp3) is 0.212. The van der Waals surface area contributed by atoms with Crippen LogP contribution in [0.3, 0.4) is 0 Å². The molecule has 0 unspecified atom stereocenters. The van der Waals surface area contributed by atoms with E-state index in [-0.39, 0.29) is 18.2 Å². The van der Waals surface area contributed by atoms with Gasteiger partial charge in [-0.3, -0.25) is 9.59 Å². The molecule has 1 N–H and O–H groups in total. The van der Waals surface area contributed by atoms with Crippen LogP contribution in [0.15, 0.2) is 95.3 Å². The highest BCUT2D eigenvalue weighted by atomic mass is 35.5. The van der Waals surface area contributed by atoms with Crippen molar-refractivity contribution >= 4 is 69.0 Å². The summed E-state index contributed by atoms with van der Waals surface area (Å²) in [4.78, 5) is 32.5. The molecule has 42 heavy (non-hydrogen) atoms. The average Bonchev–Trinajstić information content (AvgIpc) is 3.67. The molecule has 5 nitrogen and oxygen atoms in total. The van der Waals surface area contributed by atoms with Crippen LogP contribution in [0.5, 0.6) is 0 Å². The Morgan fingerprint density at radius 3 is 2.50 bits per heavy atom. The molecule has 0 spiro atoms. The lowest BCUT2D eigenvalue weighted by Crippen LogP contribution is -2.48. The number of thioether (sulfide) groups is 1. The van der Waals surface area contributed by atoms with E-state index in [2.05, 4.69) is 5.32 Å². The third kappa shape index (κ3) is 5.59. The normalized spacial score (nSPS) is 18.6. The quantitative estimate of drug-likeness (QED) is 0.187. The summed E-state index contributed by atoms with van der Waals surface area (Å²) in [5.41, 5.74) is 3.92. The van der Waals surface area contributed by atoms with Gasteiger partial charge in [-0.2, -0.15) is 0 Å². The van der Waals surface area contributed by atoms with E-state index >= 15 is 0 Å². The van der Waals surface area contributed by atoms with Crippen LogP contribution in [0.2, 0.25) is 10.0 Å². The first-order chi connectivity index (χ1) is 20.2. The number of aromatic nitrogens is 1. The van der Waals surface area contributed by atoms with E-state index in [0.717, 1.165) is 37.4 Å². The predicted molar refractivity (Wildman–Crippen MR) is 173 cm³/mol. The highest BCUT2D eigenvalue weighted by Crippen LogP contribution is 2.54. The number of nitrogens with zero attached hydrogens (tertiary/aromatic N) is 2. The molecule has 6 rings (SSSR count). The largest absolute Gasteiger partial charge is 0.350 e. The number of benzene rings is 3. The molecule has 0 bridgehead atoms. The van der Waals surface area contributed by atoms with Gasteiger partial charge in [-0.1, -0.05) is 65.2 Å². The van der Waals surface area contributed by atoms with Crippen LogP contribution in [0.4, 0.5) is 0 Å². The monoisotopic (exact) mass is 633 g/mol. The lowest BCUT2D eigenvalue weighted by molar-refractivity contribution is -0.129. The third-order valence-electron chi connectivity index (χ3n) is 7.74. The van der Waals surface area contributed by atoms with Crippen LogP contribution in [-0.2, 0) is 29.7 Å². The van der Waals surface area contributed by atoms with Gasteiger partial charge < -0.3 is 14.8 Å². The Balaban J connectivity index is 1.52. The van der Waals surface area contributed by atoms with E-state index < -0.39 is 10.8 Å². The van der Waals surface area contributed by atoms with E-state index in [1.54, 1.807) is 11.3 Å². The molecule has 1 aliphatic rings. The first-order valence-electron chi connectivity index (χ1n) is 13.6. The summed E-state index contributed by atoms with van der Waals surface area (Å²) in [5.74, 6) is -0.240. The minimum absolute atomic E-state index is 0.0596. The highest BCUT2D eigenvalue weighted by molar-refractivity contribution is 8.01. The van der Waals surface area contributed by atoms with E-state index in [9.17, 15) is 9.59 Å². The Bertz CT molecular complexity index is 1750. The first-order valence-corrected chi connectivity index (χ1v) is 16.0. The van der Waals surface area contributed by atoms with Gasteiger partial charge in [0.05, 0.1) is 19.0 Å². The number of nitrogens with one attached hydrogen (secondary N) is 1. The van der Waals surface area contributed by atoms with Crippen LogP contribution in [0.25, 0.3) is 10.9 Å². The highest BCUT2D eigenvalue weighted by Gasteiger charge is 2.58. The molecule has 2 amide bonds. The second-order valence-electron chi connectivity index (χ2n) is 10.7. The van der Waals surface area contributed by atoms with Crippen LogP contribution < -0.4 is 5.32 Å². The molecule has 2 atom stereocenters. The van der Waals surface area contributed by atoms with Crippen molar-refractivity contribution in [1.29, 1.82) is 0 Å². The number of thiophene rings is 1. The van der Waals surface area contributed by atoms with E-state index in [4.69, 9.17) is 23.2 Å². The Kier molecular flexibility index (Phi) is 8.11. The zero-order valence-corrected chi connectivity index (χ0v) is 26.3. The summed E-state index contributed by atoms with van der Waals surface area (Å²) in [5, 5.41) is 7.42. The number of amides is 2. The van der Waals surface area contributed by atoms with Crippen molar-refractivity contribution in [3.05, 3.63) is 122 Å². The maximum atomic E-state index is 14.6. The van der Waals surface area contributed by atoms with Crippen molar-refractivity contribution in [2.24, 2.45) is 7.05 Å². The third-order valence-corrected chi connectivity index (χ3v) is 10.5. The van der Waals surface area contributed by atoms with Crippen molar-refractivity contribution in [2.75, 3.05) is 0 Å². The summed E-state index contributed by atoms with van der Waals surface area (Å²) < 4.78 is 0.884. The molecule has 214 valence electrons. The van der Waals surface area contributed by atoms with Gasteiger partial charge in [-0.25, -0.2) is 0 Å². The molecule has 1 aliphatic heterocycles. The van der Waals surface area contributed by atoms with Crippen molar-refractivity contribution in [2.45, 2.75) is 42.1 Å². The number of hydrogen-bond acceptors (Lipinski definition) is 4. The standard InChI is InChI=1S/C33H29Cl2N3O2S2/c1-21-5-12-25(13-6-21)42-33(32(40)36-18-26-4-3-15-41-26)17-30(39)38(19-22-7-9-23(34)10-8-22)31(33)28-20-37(2)29-16-24(35)11-14-27(28)29/h3-16,20,31H,17-19H2,1-2H3,(H,36,40)/t31-,33-/m0/s1. The SMILES string of the molecule is Cc1ccc(S[C@@]2(C(=O)NCc3cccs3)CC(=O)N(Cc3ccc(Cl)cc3)[C@H]2c2cn(C)c3cc(Cl)ccc23)cc1. The lowest BCUT2D eigenvalue weighted by atomic mass is 9.91. The smallest absolute Gasteiger partial charge is 0.239 e. The zero-order chi connectivity index (χ0) is 29.4. The molecule has 9 heteroatoms. The zero-order valence-electron chi connectivity index (χ0n) is 23.1. The minimum atomic E-state index is -1.13. The molecule has 0 radical (unpaired) electrons. The molecule has 0 aliphatic carbocycles. The van der Waals surface area contributed by atoms with Gasteiger partial charge in [0.15, 0.2) is 0 Å². The second kappa shape index (κ2) is 11.8. The number of carbonyl (C=O) groups excluding carboxylic acids is 2. The van der Waals surface area contributed by atoms with Crippen LogP contribution in [0.1, 0.15) is 34.0 Å². The van der Waals surface area contributed by atoms with Gasteiger partial charge in [0.2, 0.25) is 11.8 Å².